The standard InChI is InChI=1S/C17H20N2S/c1-2-3-5-13-7-9-14(10-8-13)15-12-16(19-18-15)17-6-4-11-20-17/h4,6-12,16,18-19H,2-3,5H2,1H3. The highest BCUT2D eigenvalue weighted by molar-refractivity contribution is 7.10. The van der Waals surface area contributed by atoms with Gasteiger partial charge in [0.1, 0.15) is 0 Å². The fourth-order valence-corrected chi connectivity index (χ4v) is 3.17. The lowest BCUT2D eigenvalue weighted by Gasteiger charge is -2.07. The lowest BCUT2D eigenvalue weighted by atomic mass is 10.0. The average molecular weight is 284 g/mol. The van der Waals surface area contributed by atoms with Crippen LogP contribution in [0, 0.1) is 0 Å². The molecule has 2 aromatic rings. The lowest BCUT2D eigenvalue weighted by Crippen LogP contribution is -2.25. The minimum atomic E-state index is 0.282. The molecular weight excluding hydrogens is 264 g/mol. The SMILES string of the molecule is CCCCc1ccc(C2=CC(c3cccs3)NN2)cc1. The predicted molar refractivity (Wildman–Crippen MR) is 86.4 cm³/mol. The first-order chi connectivity index (χ1) is 9.86. The molecule has 1 aliphatic rings. The molecule has 0 fully saturated rings. The predicted octanol–water partition coefficient (Wildman–Crippen LogP) is 4.28. The van der Waals surface area contributed by atoms with Gasteiger partial charge in [0.2, 0.25) is 0 Å². The molecule has 0 radical (unpaired) electrons. The maximum absolute atomic E-state index is 3.32. The first-order valence-electron chi connectivity index (χ1n) is 7.23. The zero-order valence-electron chi connectivity index (χ0n) is 11.7. The van der Waals surface area contributed by atoms with Gasteiger partial charge in [-0.05, 0) is 41.5 Å². The summed E-state index contributed by atoms with van der Waals surface area (Å²) in [7, 11) is 0. The first kappa shape index (κ1) is 13.4. The van der Waals surface area contributed by atoms with Crippen LogP contribution in [0.4, 0.5) is 0 Å². The Hall–Kier alpha value is -1.58. The van der Waals surface area contributed by atoms with E-state index in [1.807, 2.05) is 0 Å². The molecular formula is C17H20N2S. The average Bonchev–Trinajstić information content (AvgIpc) is 3.16. The van der Waals surface area contributed by atoms with Crippen molar-refractivity contribution >= 4 is 17.0 Å². The summed E-state index contributed by atoms with van der Waals surface area (Å²) >= 11 is 1.78. The Labute approximate surface area is 124 Å². The van der Waals surface area contributed by atoms with Crippen molar-refractivity contribution in [3.8, 4) is 0 Å². The minimum Gasteiger partial charge on any atom is -0.320 e. The molecule has 0 bridgehead atoms. The maximum Gasteiger partial charge on any atom is 0.0806 e. The molecule has 0 aliphatic carbocycles. The van der Waals surface area contributed by atoms with Crippen molar-refractivity contribution < 1.29 is 0 Å². The Bertz CT molecular complexity index is 570. The molecule has 0 saturated carbocycles. The quantitative estimate of drug-likeness (QED) is 0.856. The van der Waals surface area contributed by atoms with Gasteiger partial charge in [0.25, 0.3) is 0 Å². The van der Waals surface area contributed by atoms with E-state index in [1.165, 1.54) is 41.0 Å². The molecule has 1 aromatic heterocycles. The number of nitrogens with one attached hydrogen (secondary N) is 2. The summed E-state index contributed by atoms with van der Waals surface area (Å²) in [4.78, 5) is 1.34. The zero-order valence-corrected chi connectivity index (χ0v) is 12.5. The van der Waals surface area contributed by atoms with Crippen molar-refractivity contribution in [3.63, 3.8) is 0 Å². The number of hydrazine groups is 1. The van der Waals surface area contributed by atoms with Crippen molar-refractivity contribution in [2.24, 2.45) is 0 Å². The summed E-state index contributed by atoms with van der Waals surface area (Å²) in [6, 6.07) is 13.4. The van der Waals surface area contributed by atoms with Gasteiger partial charge in [-0.15, -0.1) is 11.3 Å². The van der Waals surface area contributed by atoms with Gasteiger partial charge in [0, 0.05) is 4.88 Å². The second-order valence-corrected chi connectivity index (χ2v) is 6.12. The fourth-order valence-electron chi connectivity index (χ4n) is 2.43. The highest BCUT2D eigenvalue weighted by atomic mass is 32.1. The van der Waals surface area contributed by atoms with E-state index in [1.54, 1.807) is 11.3 Å². The monoisotopic (exact) mass is 284 g/mol. The molecule has 20 heavy (non-hydrogen) atoms. The highest BCUT2D eigenvalue weighted by Gasteiger charge is 2.17. The molecule has 0 amide bonds. The van der Waals surface area contributed by atoms with Crippen LogP contribution in [0.3, 0.4) is 0 Å². The van der Waals surface area contributed by atoms with E-state index in [-0.39, 0.29) is 6.04 Å². The van der Waals surface area contributed by atoms with Gasteiger partial charge >= 0.3 is 0 Å². The van der Waals surface area contributed by atoms with E-state index in [2.05, 4.69) is 65.6 Å². The van der Waals surface area contributed by atoms with E-state index in [4.69, 9.17) is 0 Å². The number of unbranched alkanes of at least 4 members (excludes halogenated alkanes) is 1. The molecule has 1 aliphatic heterocycles. The summed E-state index contributed by atoms with van der Waals surface area (Å²) in [5.74, 6) is 0. The molecule has 1 atom stereocenters. The Morgan fingerprint density at radius 1 is 1.15 bits per heavy atom. The number of rotatable bonds is 5. The van der Waals surface area contributed by atoms with Gasteiger partial charge < -0.3 is 5.43 Å². The van der Waals surface area contributed by atoms with E-state index < -0.39 is 0 Å². The van der Waals surface area contributed by atoms with Crippen LogP contribution in [0.2, 0.25) is 0 Å². The van der Waals surface area contributed by atoms with Crippen LogP contribution in [-0.4, -0.2) is 0 Å². The van der Waals surface area contributed by atoms with E-state index >= 15 is 0 Å². The number of hydrogen-bond acceptors (Lipinski definition) is 3. The number of hydrogen-bond donors (Lipinski definition) is 2. The molecule has 104 valence electrons. The minimum absolute atomic E-state index is 0.282. The van der Waals surface area contributed by atoms with Gasteiger partial charge in [-0.1, -0.05) is 43.7 Å². The first-order valence-corrected chi connectivity index (χ1v) is 8.11. The summed E-state index contributed by atoms with van der Waals surface area (Å²) in [6.07, 6.45) is 5.95. The van der Waals surface area contributed by atoms with Crippen LogP contribution < -0.4 is 10.9 Å². The second-order valence-electron chi connectivity index (χ2n) is 5.14. The van der Waals surface area contributed by atoms with Gasteiger partial charge in [0.05, 0.1) is 11.7 Å². The van der Waals surface area contributed by atoms with Gasteiger partial charge in [0.15, 0.2) is 0 Å². The molecule has 3 heteroatoms. The van der Waals surface area contributed by atoms with Crippen molar-refractivity contribution in [1.82, 2.24) is 10.9 Å². The van der Waals surface area contributed by atoms with Crippen LogP contribution in [-0.2, 0) is 6.42 Å². The Kier molecular flexibility index (Phi) is 4.19. The normalized spacial score (nSPS) is 17.9. The van der Waals surface area contributed by atoms with Crippen LogP contribution >= 0.6 is 11.3 Å². The third-order valence-corrected chi connectivity index (χ3v) is 4.58. The molecule has 1 unspecified atom stereocenters. The van der Waals surface area contributed by atoms with Crippen LogP contribution in [0.5, 0.6) is 0 Å². The molecule has 0 spiro atoms. The van der Waals surface area contributed by atoms with Crippen molar-refractivity contribution in [3.05, 3.63) is 63.9 Å². The third-order valence-electron chi connectivity index (χ3n) is 3.63. The Morgan fingerprint density at radius 2 is 2.00 bits per heavy atom. The number of thiophene rings is 1. The molecule has 2 N–H and O–H groups in total. The summed E-state index contributed by atoms with van der Waals surface area (Å²) < 4.78 is 0. The second kappa shape index (κ2) is 6.25. The smallest absolute Gasteiger partial charge is 0.0806 e. The Balaban J connectivity index is 1.72. The van der Waals surface area contributed by atoms with E-state index in [0.717, 1.165) is 0 Å². The molecule has 2 nitrogen and oxygen atoms in total. The maximum atomic E-state index is 3.32. The van der Waals surface area contributed by atoms with E-state index in [9.17, 15) is 0 Å². The third kappa shape index (κ3) is 2.94. The summed E-state index contributed by atoms with van der Waals surface area (Å²) in [5.41, 5.74) is 10.5. The summed E-state index contributed by atoms with van der Waals surface area (Å²) in [6.45, 7) is 2.23. The number of aryl methyl sites for hydroxylation is 1. The number of benzene rings is 1. The van der Waals surface area contributed by atoms with Crippen molar-refractivity contribution in [2.75, 3.05) is 0 Å². The van der Waals surface area contributed by atoms with Crippen LogP contribution in [0.25, 0.3) is 5.70 Å². The molecule has 0 saturated heterocycles. The fraction of sp³-hybridized carbons (Fsp3) is 0.294. The zero-order chi connectivity index (χ0) is 13.8. The van der Waals surface area contributed by atoms with Gasteiger partial charge in [-0.2, -0.15) is 0 Å². The molecule has 3 rings (SSSR count). The molecule has 1 aromatic carbocycles. The summed E-state index contributed by atoms with van der Waals surface area (Å²) in [5, 5.41) is 2.12. The largest absolute Gasteiger partial charge is 0.320 e. The highest BCUT2D eigenvalue weighted by Crippen LogP contribution is 2.27. The van der Waals surface area contributed by atoms with Crippen LogP contribution in [0.1, 0.15) is 41.8 Å². The van der Waals surface area contributed by atoms with Gasteiger partial charge in [-0.25, -0.2) is 5.43 Å². The lowest BCUT2D eigenvalue weighted by molar-refractivity contribution is 0.623. The van der Waals surface area contributed by atoms with E-state index in [0.29, 0.717) is 0 Å². The van der Waals surface area contributed by atoms with Crippen LogP contribution in [0.15, 0.2) is 47.9 Å². The Morgan fingerprint density at radius 3 is 2.70 bits per heavy atom. The topological polar surface area (TPSA) is 24.1 Å². The molecule has 2 heterocycles. The van der Waals surface area contributed by atoms with Gasteiger partial charge in [-0.3, -0.25) is 0 Å². The van der Waals surface area contributed by atoms with Crippen molar-refractivity contribution in [1.29, 1.82) is 0 Å². The van der Waals surface area contributed by atoms with Crippen molar-refractivity contribution in [2.45, 2.75) is 32.2 Å².